The van der Waals surface area contributed by atoms with Crippen molar-refractivity contribution in [2.45, 2.75) is 32.6 Å². The van der Waals surface area contributed by atoms with Gasteiger partial charge >= 0.3 is 0 Å². The Morgan fingerprint density at radius 2 is 2.46 bits per heavy atom. The number of rotatable bonds is 1. The zero-order chi connectivity index (χ0) is 9.47. The van der Waals surface area contributed by atoms with Crippen LogP contribution in [0.2, 0.25) is 0 Å². The summed E-state index contributed by atoms with van der Waals surface area (Å²) < 4.78 is 0. The molecule has 1 aromatic heterocycles. The lowest BCUT2D eigenvalue weighted by Crippen LogP contribution is -2.29. The average Bonchev–Trinajstić information content (AvgIpc) is 2.48. The molecule has 0 saturated carbocycles. The van der Waals surface area contributed by atoms with Crippen molar-refractivity contribution in [3.63, 3.8) is 0 Å². The van der Waals surface area contributed by atoms with E-state index < -0.39 is 0 Å². The highest BCUT2D eigenvalue weighted by Gasteiger charge is 2.32. The van der Waals surface area contributed by atoms with Crippen LogP contribution in [-0.2, 0) is 6.42 Å². The zero-order valence-corrected chi connectivity index (χ0v) is 8.30. The van der Waals surface area contributed by atoms with E-state index in [1.54, 1.807) is 6.33 Å². The van der Waals surface area contributed by atoms with Gasteiger partial charge in [-0.1, -0.05) is 13.8 Å². The fourth-order valence-corrected chi connectivity index (χ4v) is 2.33. The summed E-state index contributed by atoms with van der Waals surface area (Å²) in [5.74, 6) is 0.449. The van der Waals surface area contributed by atoms with Crippen LogP contribution >= 0.6 is 0 Å². The minimum Gasteiger partial charge on any atom is -0.348 e. The monoisotopic (exact) mass is 179 g/mol. The van der Waals surface area contributed by atoms with Crippen molar-refractivity contribution in [2.75, 3.05) is 6.54 Å². The molecule has 0 radical (unpaired) electrons. The number of fused-ring (bicyclic) bond motifs is 1. The van der Waals surface area contributed by atoms with Gasteiger partial charge < -0.3 is 10.7 Å². The molecule has 1 unspecified atom stereocenters. The highest BCUT2D eigenvalue weighted by atomic mass is 14.9. The first-order valence-corrected chi connectivity index (χ1v) is 4.84. The Kier molecular flexibility index (Phi) is 1.91. The fraction of sp³-hybridized carbons (Fsp3) is 0.700. The largest absolute Gasteiger partial charge is 0.348 e. The van der Waals surface area contributed by atoms with Gasteiger partial charge in [0.15, 0.2) is 0 Å². The van der Waals surface area contributed by atoms with Gasteiger partial charge in [0.25, 0.3) is 0 Å². The first-order chi connectivity index (χ1) is 6.12. The predicted octanol–water partition coefficient (Wildman–Crippen LogP) is 1.42. The van der Waals surface area contributed by atoms with Gasteiger partial charge in [-0.3, -0.25) is 0 Å². The van der Waals surface area contributed by atoms with Crippen LogP contribution in [0.15, 0.2) is 6.33 Å². The maximum atomic E-state index is 5.74. The van der Waals surface area contributed by atoms with E-state index in [2.05, 4.69) is 23.8 Å². The number of aromatic nitrogens is 2. The van der Waals surface area contributed by atoms with Crippen LogP contribution < -0.4 is 5.73 Å². The van der Waals surface area contributed by atoms with Crippen molar-refractivity contribution in [3.05, 3.63) is 17.7 Å². The highest BCUT2D eigenvalue weighted by Crippen LogP contribution is 2.39. The quantitative estimate of drug-likeness (QED) is 0.685. The topological polar surface area (TPSA) is 54.7 Å². The standard InChI is InChI=1S/C10H17N3/c1-10(2)3-7(5-11)9-8(4-10)12-6-13-9/h6-7H,3-5,11H2,1-2H3,(H,12,13). The number of aromatic amines is 1. The molecule has 0 aliphatic heterocycles. The lowest BCUT2D eigenvalue weighted by Gasteiger charge is -2.33. The van der Waals surface area contributed by atoms with Crippen LogP contribution in [0.3, 0.4) is 0 Å². The first-order valence-electron chi connectivity index (χ1n) is 4.84. The third-order valence-electron chi connectivity index (χ3n) is 2.88. The van der Waals surface area contributed by atoms with E-state index in [9.17, 15) is 0 Å². The molecule has 0 fully saturated rings. The average molecular weight is 179 g/mol. The van der Waals surface area contributed by atoms with Gasteiger partial charge in [0, 0.05) is 18.2 Å². The molecule has 1 aliphatic carbocycles. The summed E-state index contributed by atoms with van der Waals surface area (Å²) in [7, 11) is 0. The van der Waals surface area contributed by atoms with Gasteiger partial charge in [0.1, 0.15) is 0 Å². The molecule has 1 aromatic rings. The molecular weight excluding hydrogens is 162 g/mol. The summed E-state index contributed by atoms with van der Waals surface area (Å²) in [5.41, 5.74) is 8.59. The van der Waals surface area contributed by atoms with Gasteiger partial charge in [-0.25, -0.2) is 4.98 Å². The molecule has 13 heavy (non-hydrogen) atoms. The molecule has 3 N–H and O–H groups in total. The number of H-pyrrole nitrogens is 1. The lowest BCUT2D eigenvalue weighted by atomic mass is 9.73. The number of nitrogens with zero attached hydrogens (tertiary/aromatic N) is 1. The van der Waals surface area contributed by atoms with Crippen LogP contribution in [-0.4, -0.2) is 16.5 Å². The molecule has 0 spiro atoms. The van der Waals surface area contributed by atoms with E-state index in [1.807, 2.05) is 0 Å². The first kappa shape index (κ1) is 8.75. The van der Waals surface area contributed by atoms with Crippen molar-refractivity contribution in [1.29, 1.82) is 0 Å². The second-order valence-electron chi connectivity index (χ2n) is 4.74. The Morgan fingerprint density at radius 1 is 1.69 bits per heavy atom. The molecule has 0 bridgehead atoms. The van der Waals surface area contributed by atoms with Crippen LogP contribution in [0.4, 0.5) is 0 Å². The van der Waals surface area contributed by atoms with Gasteiger partial charge in [-0.2, -0.15) is 0 Å². The maximum Gasteiger partial charge on any atom is 0.0925 e. The highest BCUT2D eigenvalue weighted by molar-refractivity contribution is 5.22. The fourth-order valence-electron chi connectivity index (χ4n) is 2.33. The van der Waals surface area contributed by atoms with Gasteiger partial charge in [0.05, 0.1) is 12.0 Å². The second kappa shape index (κ2) is 2.84. The predicted molar refractivity (Wildman–Crippen MR) is 52.5 cm³/mol. The summed E-state index contributed by atoms with van der Waals surface area (Å²) in [6.07, 6.45) is 4.04. The summed E-state index contributed by atoms with van der Waals surface area (Å²) >= 11 is 0. The van der Waals surface area contributed by atoms with E-state index in [-0.39, 0.29) is 0 Å². The van der Waals surface area contributed by atoms with Crippen LogP contribution in [0.1, 0.15) is 37.6 Å². The molecule has 1 aliphatic rings. The lowest BCUT2D eigenvalue weighted by molar-refractivity contribution is 0.277. The number of nitrogens with two attached hydrogens (primary N) is 1. The summed E-state index contributed by atoms with van der Waals surface area (Å²) in [5, 5.41) is 0. The van der Waals surface area contributed by atoms with E-state index in [0.717, 1.165) is 12.8 Å². The van der Waals surface area contributed by atoms with E-state index in [4.69, 9.17) is 5.73 Å². The molecule has 0 saturated heterocycles. The summed E-state index contributed by atoms with van der Waals surface area (Å²) in [4.78, 5) is 7.55. The van der Waals surface area contributed by atoms with Crippen molar-refractivity contribution < 1.29 is 0 Å². The van der Waals surface area contributed by atoms with Crippen LogP contribution in [0.5, 0.6) is 0 Å². The normalized spacial score (nSPS) is 25.6. The van der Waals surface area contributed by atoms with Crippen LogP contribution in [0.25, 0.3) is 0 Å². The maximum absolute atomic E-state index is 5.74. The number of nitrogens with one attached hydrogen (secondary N) is 1. The molecule has 72 valence electrons. The Bertz CT molecular complexity index is 301. The number of hydrogen-bond donors (Lipinski definition) is 2. The number of imidazole rings is 1. The third kappa shape index (κ3) is 1.48. The van der Waals surface area contributed by atoms with Crippen LogP contribution in [0, 0.1) is 5.41 Å². The third-order valence-corrected chi connectivity index (χ3v) is 2.88. The summed E-state index contributed by atoms with van der Waals surface area (Å²) in [6.45, 7) is 5.29. The zero-order valence-electron chi connectivity index (χ0n) is 8.30. The minimum absolute atomic E-state index is 0.365. The Balaban J connectivity index is 2.36. The molecule has 0 aromatic carbocycles. The summed E-state index contributed by atoms with van der Waals surface area (Å²) in [6, 6.07) is 0. The second-order valence-corrected chi connectivity index (χ2v) is 4.74. The molecule has 3 nitrogen and oxygen atoms in total. The van der Waals surface area contributed by atoms with Gasteiger partial charge in [-0.05, 0) is 18.3 Å². The molecular formula is C10H17N3. The molecule has 3 heteroatoms. The Labute approximate surface area is 78.7 Å². The van der Waals surface area contributed by atoms with Crippen molar-refractivity contribution in [1.82, 2.24) is 9.97 Å². The molecule has 1 atom stereocenters. The number of hydrogen-bond acceptors (Lipinski definition) is 2. The van der Waals surface area contributed by atoms with Crippen molar-refractivity contribution in [3.8, 4) is 0 Å². The molecule has 0 amide bonds. The van der Waals surface area contributed by atoms with Gasteiger partial charge in [-0.15, -0.1) is 0 Å². The smallest absolute Gasteiger partial charge is 0.0925 e. The van der Waals surface area contributed by atoms with Gasteiger partial charge in [0.2, 0.25) is 0 Å². The van der Waals surface area contributed by atoms with E-state index >= 15 is 0 Å². The SMILES string of the molecule is CC1(C)Cc2[nH]cnc2C(CN)C1. The Hall–Kier alpha value is -0.830. The minimum atomic E-state index is 0.365. The van der Waals surface area contributed by atoms with Crippen molar-refractivity contribution in [2.24, 2.45) is 11.1 Å². The molecule has 2 rings (SSSR count). The Morgan fingerprint density at radius 3 is 3.15 bits per heavy atom. The van der Waals surface area contributed by atoms with Crippen molar-refractivity contribution >= 4 is 0 Å². The van der Waals surface area contributed by atoms with E-state index in [0.29, 0.717) is 17.9 Å². The van der Waals surface area contributed by atoms with E-state index in [1.165, 1.54) is 11.4 Å². The molecule has 1 heterocycles.